The Balaban J connectivity index is 1.63. The van der Waals surface area contributed by atoms with Crippen molar-refractivity contribution in [3.8, 4) is 5.75 Å². The molecule has 2 N–H and O–H groups in total. The maximum atomic E-state index is 5.71. The molecule has 1 heterocycles. The number of aliphatic imine (C=N–C) groups is 1. The average Bonchev–Trinajstić information content (AvgIpc) is 2.67. The summed E-state index contributed by atoms with van der Waals surface area (Å²) in [5.41, 5.74) is 0. The predicted octanol–water partition coefficient (Wildman–Crippen LogP) is 1.98. The molecule has 2 rings (SSSR count). The van der Waals surface area contributed by atoms with Crippen LogP contribution in [-0.4, -0.2) is 69.9 Å². The van der Waals surface area contributed by atoms with Gasteiger partial charge in [0.25, 0.3) is 0 Å². The van der Waals surface area contributed by atoms with Crippen LogP contribution in [0.2, 0.25) is 0 Å². The molecule has 1 fully saturated rings. The maximum Gasteiger partial charge on any atom is 0.191 e. The predicted molar refractivity (Wildman–Crippen MR) is 107 cm³/mol. The molecule has 1 aromatic rings. The number of ether oxygens (including phenoxy) is 2. The summed E-state index contributed by atoms with van der Waals surface area (Å²) in [6.45, 7) is 12.4. The van der Waals surface area contributed by atoms with Gasteiger partial charge in [0.1, 0.15) is 5.75 Å². The molecule has 0 saturated carbocycles. The second-order valence-corrected chi connectivity index (χ2v) is 6.68. The van der Waals surface area contributed by atoms with Crippen LogP contribution in [0.5, 0.6) is 5.75 Å². The van der Waals surface area contributed by atoms with Crippen LogP contribution >= 0.6 is 0 Å². The molecular weight excluding hydrogens is 328 g/mol. The van der Waals surface area contributed by atoms with Crippen molar-refractivity contribution in [3.63, 3.8) is 0 Å². The molecule has 6 nitrogen and oxygen atoms in total. The van der Waals surface area contributed by atoms with Gasteiger partial charge in [0.05, 0.1) is 19.8 Å². The normalized spacial score (nSPS) is 16.9. The highest BCUT2D eigenvalue weighted by Crippen LogP contribution is 2.08. The van der Waals surface area contributed by atoms with Crippen molar-refractivity contribution in [1.29, 1.82) is 0 Å². The Labute approximate surface area is 158 Å². The Morgan fingerprint density at radius 1 is 1.23 bits per heavy atom. The molecule has 1 atom stereocenters. The van der Waals surface area contributed by atoms with Crippen LogP contribution in [0.25, 0.3) is 0 Å². The number of morpholine rings is 1. The molecule has 1 unspecified atom stereocenters. The summed E-state index contributed by atoms with van der Waals surface area (Å²) in [6, 6.07) is 9.93. The van der Waals surface area contributed by atoms with Crippen LogP contribution in [-0.2, 0) is 4.74 Å². The van der Waals surface area contributed by atoms with Crippen molar-refractivity contribution >= 4 is 5.96 Å². The zero-order valence-corrected chi connectivity index (χ0v) is 16.2. The van der Waals surface area contributed by atoms with Crippen molar-refractivity contribution in [3.05, 3.63) is 30.3 Å². The molecule has 0 bridgehead atoms. The molecule has 1 aliphatic rings. The van der Waals surface area contributed by atoms with E-state index in [2.05, 4.69) is 29.4 Å². The van der Waals surface area contributed by atoms with E-state index in [9.17, 15) is 0 Å². The minimum absolute atomic E-state index is 0.532. The first-order chi connectivity index (χ1) is 12.8. The van der Waals surface area contributed by atoms with Crippen LogP contribution in [0.3, 0.4) is 0 Å². The number of rotatable bonds is 10. The third-order valence-corrected chi connectivity index (χ3v) is 4.20. The zero-order chi connectivity index (χ0) is 18.5. The number of guanidine groups is 1. The lowest BCUT2D eigenvalue weighted by Gasteiger charge is -2.28. The highest BCUT2D eigenvalue weighted by atomic mass is 16.5. The van der Waals surface area contributed by atoms with E-state index in [-0.39, 0.29) is 0 Å². The van der Waals surface area contributed by atoms with Gasteiger partial charge >= 0.3 is 0 Å². The molecule has 26 heavy (non-hydrogen) atoms. The SMILES string of the molecule is CCNC(=NCC(C)CN1CCOCC1)NCCCOc1ccccc1. The minimum Gasteiger partial charge on any atom is -0.494 e. The average molecular weight is 363 g/mol. The maximum absolute atomic E-state index is 5.71. The van der Waals surface area contributed by atoms with Crippen molar-refractivity contribution in [2.75, 3.05) is 59.1 Å². The Kier molecular flexibility index (Phi) is 9.90. The first-order valence-electron chi connectivity index (χ1n) is 9.78. The van der Waals surface area contributed by atoms with Crippen molar-refractivity contribution in [2.45, 2.75) is 20.3 Å². The fraction of sp³-hybridized carbons (Fsp3) is 0.650. The monoisotopic (exact) mass is 362 g/mol. The molecule has 0 aromatic heterocycles. The van der Waals surface area contributed by atoms with Crippen molar-refractivity contribution in [2.24, 2.45) is 10.9 Å². The number of para-hydroxylation sites is 1. The number of hydrogen-bond acceptors (Lipinski definition) is 4. The Hall–Kier alpha value is -1.79. The second-order valence-electron chi connectivity index (χ2n) is 6.68. The fourth-order valence-electron chi connectivity index (χ4n) is 2.86. The van der Waals surface area contributed by atoms with E-state index >= 15 is 0 Å². The molecular formula is C20H34N4O2. The quantitative estimate of drug-likeness (QED) is 0.379. The molecule has 1 aromatic carbocycles. The molecule has 0 amide bonds. The van der Waals surface area contributed by atoms with E-state index in [4.69, 9.17) is 14.5 Å². The molecule has 0 aliphatic carbocycles. The number of nitrogens with zero attached hydrogens (tertiary/aromatic N) is 2. The highest BCUT2D eigenvalue weighted by Gasteiger charge is 2.13. The summed E-state index contributed by atoms with van der Waals surface area (Å²) in [7, 11) is 0. The van der Waals surface area contributed by atoms with Gasteiger partial charge in [-0.2, -0.15) is 0 Å². The molecule has 146 valence electrons. The zero-order valence-electron chi connectivity index (χ0n) is 16.2. The second kappa shape index (κ2) is 12.5. The van der Waals surface area contributed by atoms with Gasteiger partial charge in [-0.15, -0.1) is 0 Å². The fourth-order valence-corrected chi connectivity index (χ4v) is 2.86. The van der Waals surface area contributed by atoms with Gasteiger partial charge < -0.3 is 20.1 Å². The van der Waals surface area contributed by atoms with Crippen LogP contribution in [0.1, 0.15) is 20.3 Å². The van der Waals surface area contributed by atoms with E-state index in [1.54, 1.807) is 0 Å². The summed E-state index contributed by atoms with van der Waals surface area (Å²) in [5, 5.41) is 6.71. The Morgan fingerprint density at radius 3 is 2.73 bits per heavy atom. The summed E-state index contributed by atoms with van der Waals surface area (Å²) < 4.78 is 11.1. The van der Waals surface area contributed by atoms with Crippen molar-refractivity contribution in [1.82, 2.24) is 15.5 Å². The lowest BCUT2D eigenvalue weighted by molar-refractivity contribution is 0.0323. The lowest BCUT2D eigenvalue weighted by Crippen LogP contribution is -2.40. The molecule has 1 aliphatic heterocycles. The first kappa shape index (κ1) is 20.5. The van der Waals surface area contributed by atoms with Gasteiger partial charge in [-0.25, -0.2) is 0 Å². The Bertz CT molecular complexity index is 504. The molecule has 6 heteroatoms. The van der Waals surface area contributed by atoms with Gasteiger partial charge in [0, 0.05) is 39.3 Å². The Morgan fingerprint density at radius 2 is 2.00 bits per heavy atom. The van der Waals surface area contributed by atoms with E-state index < -0.39 is 0 Å². The lowest BCUT2D eigenvalue weighted by atomic mass is 10.1. The topological polar surface area (TPSA) is 58.1 Å². The summed E-state index contributed by atoms with van der Waals surface area (Å²) >= 11 is 0. The van der Waals surface area contributed by atoms with E-state index in [0.29, 0.717) is 12.5 Å². The molecule has 1 saturated heterocycles. The smallest absolute Gasteiger partial charge is 0.191 e. The summed E-state index contributed by atoms with van der Waals surface area (Å²) in [4.78, 5) is 7.19. The van der Waals surface area contributed by atoms with Crippen LogP contribution < -0.4 is 15.4 Å². The van der Waals surface area contributed by atoms with Gasteiger partial charge in [-0.05, 0) is 31.4 Å². The van der Waals surface area contributed by atoms with Gasteiger partial charge in [-0.1, -0.05) is 25.1 Å². The van der Waals surface area contributed by atoms with Crippen molar-refractivity contribution < 1.29 is 9.47 Å². The number of hydrogen-bond donors (Lipinski definition) is 2. The van der Waals surface area contributed by atoms with Gasteiger partial charge in [-0.3, -0.25) is 9.89 Å². The van der Waals surface area contributed by atoms with E-state index in [1.807, 2.05) is 30.3 Å². The number of nitrogens with one attached hydrogen (secondary N) is 2. The van der Waals surface area contributed by atoms with Crippen LogP contribution in [0, 0.1) is 5.92 Å². The largest absolute Gasteiger partial charge is 0.494 e. The molecule has 0 radical (unpaired) electrons. The third kappa shape index (κ3) is 8.54. The van der Waals surface area contributed by atoms with E-state index in [0.717, 1.165) is 70.6 Å². The standard InChI is InChI=1S/C20H34N4O2/c1-3-21-20(22-10-7-13-26-19-8-5-4-6-9-19)23-16-18(2)17-24-11-14-25-15-12-24/h4-6,8-9,18H,3,7,10-17H2,1-2H3,(H2,21,22,23). The number of benzene rings is 1. The van der Waals surface area contributed by atoms with Crippen LogP contribution in [0.15, 0.2) is 35.3 Å². The molecule has 0 spiro atoms. The summed E-state index contributed by atoms with van der Waals surface area (Å²) in [6.07, 6.45) is 0.933. The van der Waals surface area contributed by atoms with Gasteiger partial charge in [0.15, 0.2) is 5.96 Å². The highest BCUT2D eigenvalue weighted by molar-refractivity contribution is 5.79. The minimum atomic E-state index is 0.532. The summed E-state index contributed by atoms with van der Waals surface area (Å²) in [5.74, 6) is 2.34. The van der Waals surface area contributed by atoms with Gasteiger partial charge in [0.2, 0.25) is 0 Å². The van der Waals surface area contributed by atoms with Crippen LogP contribution in [0.4, 0.5) is 0 Å². The first-order valence-corrected chi connectivity index (χ1v) is 9.78. The third-order valence-electron chi connectivity index (χ3n) is 4.20. The van der Waals surface area contributed by atoms with E-state index in [1.165, 1.54) is 0 Å².